The molecule has 0 bridgehead atoms. The first-order valence-corrected chi connectivity index (χ1v) is 8.47. The topological polar surface area (TPSA) is 111 Å². The average molecular weight is 347 g/mol. The van der Waals surface area contributed by atoms with E-state index < -0.39 is 19.0 Å². The van der Waals surface area contributed by atoms with Crippen LogP contribution < -0.4 is 15.3 Å². The Bertz CT molecular complexity index is 649. The molecular weight excluding hydrogens is 325 g/mol. The summed E-state index contributed by atoms with van der Waals surface area (Å²) >= 11 is 0. The van der Waals surface area contributed by atoms with Gasteiger partial charge in [0.25, 0.3) is 0 Å². The minimum atomic E-state index is -1.28. The highest BCUT2D eigenvalue weighted by atomic mass is 16.5. The number of amides is 1. The quantitative estimate of drug-likeness (QED) is 0.524. The second-order valence-corrected chi connectivity index (χ2v) is 6.37. The monoisotopic (exact) mass is 347 g/mol. The van der Waals surface area contributed by atoms with Crippen LogP contribution in [0, 0.1) is 0 Å². The van der Waals surface area contributed by atoms with E-state index >= 15 is 0 Å². The predicted molar refractivity (Wildman–Crippen MR) is 91.6 cm³/mol. The van der Waals surface area contributed by atoms with Crippen LogP contribution in [0.1, 0.15) is 22.3 Å². The van der Waals surface area contributed by atoms with Crippen molar-refractivity contribution in [3.63, 3.8) is 0 Å². The van der Waals surface area contributed by atoms with Crippen molar-refractivity contribution in [1.29, 1.82) is 0 Å². The molecule has 3 rings (SSSR count). The second kappa shape index (κ2) is 7.86. The summed E-state index contributed by atoms with van der Waals surface area (Å²) in [7, 11) is -1.28. The molecule has 0 saturated carbocycles. The van der Waals surface area contributed by atoms with E-state index in [4.69, 9.17) is 4.65 Å². The molecular formula is C16H22BN3O5. The van der Waals surface area contributed by atoms with Gasteiger partial charge in [-0.2, -0.15) is 0 Å². The SMILES string of the molecule is O=C(CN1CCCNCC1)NC1Cc2cccc(C(=O)O)c2OB1O. The third-order valence-corrected chi connectivity index (χ3v) is 4.50. The summed E-state index contributed by atoms with van der Waals surface area (Å²) in [6, 6.07) is 4.81. The van der Waals surface area contributed by atoms with E-state index in [1.165, 1.54) is 6.07 Å². The minimum absolute atomic E-state index is 0.0124. The summed E-state index contributed by atoms with van der Waals surface area (Å²) in [5, 5.41) is 25.5. The molecule has 2 aliphatic rings. The molecule has 1 aromatic rings. The summed E-state index contributed by atoms with van der Waals surface area (Å²) in [5.74, 6) is -1.71. The zero-order valence-corrected chi connectivity index (χ0v) is 13.9. The van der Waals surface area contributed by atoms with Gasteiger partial charge < -0.3 is 25.4 Å². The van der Waals surface area contributed by atoms with Crippen molar-refractivity contribution in [1.82, 2.24) is 15.5 Å². The van der Waals surface area contributed by atoms with E-state index in [2.05, 4.69) is 15.5 Å². The van der Waals surface area contributed by atoms with Gasteiger partial charge in [0.1, 0.15) is 5.75 Å². The van der Waals surface area contributed by atoms with Gasteiger partial charge in [0.05, 0.1) is 18.0 Å². The zero-order valence-electron chi connectivity index (χ0n) is 13.9. The molecule has 1 atom stereocenters. The number of carbonyl (C=O) groups is 2. The zero-order chi connectivity index (χ0) is 17.8. The Labute approximate surface area is 146 Å². The fourth-order valence-corrected chi connectivity index (χ4v) is 3.23. The number of nitrogens with one attached hydrogen (secondary N) is 2. The molecule has 2 aliphatic heterocycles. The predicted octanol–water partition coefficient (Wildman–Crippen LogP) is -0.880. The van der Waals surface area contributed by atoms with Crippen molar-refractivity contribution >= 4 is 19.0 Å². The third-order valence-electron chi connectivity index (χ3n) is 4.50. The van der Waals surface area contributed by atoms with E-state index in [1.54, 1.807) is 12.1 Å². The molecule has 2 heterocycles. The molecule has 1 fully saturated rings. The maximum Gasteiger partial charge on any atom is 0.547 e. The number of benzene rings is 1. The smallest absolute Gasteiger partial charge is 0.534 e. The minimum Gasteiger partial charge on any atom is -0.534 e. The fraction of sp³-hybridized carbons (Fsp3) is 0.500. The number of hydrogen-bond acceptors (Lipinski definition) is 6. The Morgan fingerprint density at radius 3 is 3.00 bits per heavy atom. The molecule has 4 N–H and O–H groups in total. The largest absolute Gasteiger partial charge is 0.547 e. The lowest BCUT2D eigenvalue weighted by atomic mass is 9.72. The second-order valence-electron chi connectivity index (χ2n) is 6.37. The van der Waals surface area contributed by atoms with E-state index in [0.717, 1.165) is 32.6 Å². The molecule has 0 radical (unpaired) electrons. The summed E-state index contributed by atoms with van der Waals surface area (Å²) in [6.45, 7) is 3.74. The van der Waals surface area contributed by atoms with Crippen molar-refractivity contribution in [3.05, 3.63) is 29.3 Å². The number of fused-ring (bicyclic) bond motifs is 1. The third kappa shape index (κ3) is 4.30. The van der Waals surface area contributed by atoms with E-state index in [0.29, 0.717) is 12.0 Å². The van der Waals surface area contributed by atoms with Crippen LogP contribution in [0.3, 0.4) is 0 Å². The lowest BCUT2D eigenvalue weighted by Crippen LogP contribution is -2.55. The molecule has 0 aliphatic carbocycles. The maximum atomic E-state index is 12.3. The molecule has 8 nitrogen and oxygen atoms in total. The fourth-order valence-electron chi connectivity index (χ4n) is 3.23. The van der Waals surface area contributed by atoms with Crippen molar-refractivity contribution in [3.8, 4) is 5.75 Å². The number of para-hydroxylation sites is 1. The van der Waals surface area contributed by atoms with Gasteiger partial charge in [-0.1, -0.05) is 12.1 Å². The first kappa shape index (κ1) is 17.7. The highest BCUT2D eigenvalue weighted by Gasteiger charge is 2.37. The van der Waals surface area contributed by atoms with Gasteiger partial charge in [-0.3, -0.25) is 9.69 Å². The molecule has 0 aromatic heterocycles. The number of carboxylic acid groups (broad SMARTS) is 1. The number of rotatable bonds is 4. The van der Waals surface area contributed by atoms with E-state index in [9.17, 15) is 19.7 Å². The Hall–Kier alpha value is -2.10. The lowest BCUT2D eigenvalue weighted by molar-refractivity contribution is -0.122. The van der Waals surface area contributed by atoms with Crippen LogP contribution in [0.2, 0.25) is 0 Å². The van der Waals surface area contributed by atoms with Crippen LogP contribution in [0.5, 0.6) is 5.75 Å². The summed E-state index contributed by atoms with van der Waals surface area (Å²) in [4.78, 5) is 25.6. The molecule has 1 saturated heterocycles. The summed E-state index contributed by atoms with van der Waals surface area (Å²) < 4.78 is 5.38. The van der Waals surface area contributed by atoms with Gasteiger partial charge in [-0.05, 0) is 37.6 Å². The molecule has 25 heavy (non-hydrogen) atoms. The van der Waals surface area contributed by atoms with Gasteiger partial charge in [0.15, 0.2) is 0 Å². The van der Waals surface area contributed by atoms with Crippen LogP contribution >= 0.6 is 0 Å². The van der Waals surface area contributed by atoms with Crippen LogP contribution in [0.25, 0.3) is 0 Å². The standard InChI is InChI=1S/C16H22BN3O5/c21-14(10-20-7-2-5-18-6-8-20)19-13-9-11-3-1-4-12(16(22)23)15(11)25-17(13)24/h1,3-4,13,18,24H,2,5-10H2,(H,19,21)(H,22,23). The summed E-state index contributed by atoms with van der Waals surface area (Å²) in [6.07, 6.45) is 1.32. The van der Waals surface area contributed by atoms with Crippen molar-refractivity contribution < 1.29 is 24.4 Å². The normalized spacial score (nSPS) is 21.0. The van der Waals surface area contributed by atoms with E-state index in [1.807, 2.05) is 0 Å². The Balaban J connectivity index is 1.63. The van der Waals surface area contributed by atoms with Crippen molar-refractivity contribution in [2.45, 2.75) is 18.8 Å². The Morgan fingerprint density at radius 2 is 2.20 bits per heavy atom. The first-order chi connectivity index (χ1) is 12.0. The number of carbonyl (C=O) groups excluding carboxylic acids is 1. The highest BCUT2D eigenvalue weighted by molar-refractivity contribution is 6.47. The van der Waals surface area contributed by atoms with Crippen LogP contribution in [-0.2, 0) is 11.2 Å². The van der Waals surface area contributed by atoms with Crippen LogP contribution in [0.4, 0.5) is 0 Å². The highest BCUT2D eigenvalue weighted by Crippen LogP contribution is 2.30. The number of nitrogens with zero attached hydrogens (tertiary/aromatic N) is 1. The molecule has 1 amide bonds. The molecule has 0 spiro atoms. The maximum absolute atomic E-state index is 12.3. The van der Waals surface area contributed by atoms with Gasteiger partial charge >= 0.3 is 13.1 Å². The molecule has 9 heteroatoms. The number of aromatic carboxylic acids is 1. The van der Waals surface area contributed by atoms with Gasteiger partial charge in [0.2, 0.25) is 5.91 Å². The van der Waals surface area contributed by atoms with Gasteiger partial charge in [-0.15, -0.1) is 0 Å². The lowest BCUT2D eigenvalue weighted by Gasteiger charge is -2.29. The Kier molecular flexibility index (Phi) is 5.57. The number of carboxylic acids is 1. The number of hydrogen-bond donors (Lipinski definition) is 4. The van der Waals surface area contributed by atoms with Crippen LogP contribution in [-0.4, -0.2) is 72.7 Å². The average Bonchev–Trinajstić information content (AvgIpc) is 2.83. The molecule has 1 unspecified atom stereocenters. The van der Waals surface area contributed by atoms with E-state index in [-0.39, 0.29) is 23.8 Å². The first-order valence-electron chi connectivity index (χ1n) is 8.47. The Morgan fingerprint density at radius 1 is 1.36 bits per heavy atom. The van der Waals surface area contributed by atoms with Gasteiger partial charge in [-0.25, -0.2) is 4.79 Å². The van der Waals surface area contributed by atoms with Crippen LogP contribution in [0.15, 0.2) is 18.2 Å². The summed E-state index contributed by atoms with van der Waals surface area (Å²) in [5.41, 5.74) is 0.674. The molecule has 1 aromatic carbocycles. The van der Waals surface area contributed by atoms with Gasteiger partial charge in [0, 0.05) is 13.1 Å². The van der Waals surface area contributed by atoms with Crippen molar-refractivity contribution in [2.24, 2.45) is 0 Å². The van der Waals surface area contributed by atoms with Crippen molar-refractivity contribution in [2.75, 3.05) is 32.7 Å². The molecule has 134 valence electrons.